The molecule has 0 unspecified atom stereocenters. The summed E-state index contributed by atoms with van der Waals surface area (Å²) < 4.78 is 21.3. The zero-order valence-electron chi connectivity index (χ0n) is 20.6. The molecule has 0 fully saturated rings. The molecule has 1 amide bonds. The number of nitrogens with zero attached hydrogens (tertiary/aromatic N) is 5. The van der Waals surface area contributed by atoms with Crippen molar-refractivity contribution in [1.82, 2.24) is 19.5 Å². The fourth-order valence-corrected chi connectivity index (χ4v) is 4.99. The van der Waals surface area contributed by atoms with E-state index in [9.17, 15) is 14.3 Å². The molecule has 1 aromatic carbocycles. The first-order chi connectivity index (χ1) is 17.9. The van der Waals surface area contributed by atoms with Gasteiger partial charge in [0.25, 0.3) is 5.91 Å². The highest BCUT2D eigenvalue weighted by Crippen LogP contribution is 2.33. The van der Waals surface area contributed by atoms with Crippen LogP contribution in [0.15, 0.2) is 47.8 Å². The Balaban J connectivity index is 1.46. The standard InChI is InChI=1S/C26H28ClFN6O3/c1-32-6-5-24(31-32)30-25-9-21(22(27)10-29-25)18-8-23-26(36)34(20(15-37-2)13-33(23)11-18)12-17-7-19(28)4-3-16(17)14-35/h3-4,7-11,20,35H,5-6,12-15H2,1-2H3,(H,29,30,31)/t20-/m1/s1. The molecule has 2 aliphatic heterocycles. The summed E-state index contributed by atoms with van der Waals surface area (Å²) in [6.45, 7) is 1.55. The number of ether oxygens (including phenoxy) is 1. The molecule has 194 valence electrons. The van der Waals surface area contributed by atoms with Crippen molar-refractivity contribution < 1.29 is 19.0 Å². The van der Waals surface area contributed by atoms with Gasteiger partial charge in [0, 0.05) is 63.7 Å². The minimum atomic E-state index is -0.419. The highest BCUT2D eigenvalue weighted by atomic mass is 35.5. The van der Waals surface area contributed by atoms with Gasteiger partial charge in [0.15, 0.2) is 0 Å². The average Bonchev–Trinajstić information content (AvgIpc) is 3.49. The van der Waals surface area contributed by atoms with Crippen LogP contribution < -0.4 is 5.32 Å². The smallest absolute Gasteiger partial charge is 0.271 e. The molecular weight excluding hydrogens is 499 g/mol. The highest BCUT2D eigenvalue weighted by Gasteiger charge is 2.34. The third-order valence-corrected chi connectivity index (χ3v) is 6.97. The number of hydrogen-bond acceptors (Lipinski definition) is 7. The number of aromatic nitrogens is 2. The Bertz CT molecular complexity index is 1360. The van der Waals surface area contributed by atoms with E-state index in [0.29, 0.717) is 40.8 Å². The van der Waals surface area contributed by atoms with Crippen LogP contribution in [-0.2, 0) is 24.4 Å². The molecule has 2 N–H and O–H groups in total. The Morgan fingerprint density at radius 2 is 2.11 bits per heavy atom. The summed E-state index contributed by atoms with van der Waals surface area (Å²) in [7, 11) is 3.50. The third kappa shape index (κ3) is 5.18. The molecule has 11 heteroatoms. The van der Waals surface area contributed by atoms with Gasteiger partial charge in [-0.05, 0) is 35.4 Å². The fourth-order valence-electron chi connectivity index (χ4n) is 4.78. The summed E-state index contributed by atoms with van der Waals surface area (Å²) in [6.07, 6.45) is 4.28. The van der Waals surface area contributed by atoms with E-state index in [1.54, 1.807) is 18.2 Å². The Hall–Kier alpha value is -3.47. The van der Waals surface area contributed by atoms with Gasteiger partial charge in [-0.3, -0.25) is 9.80 Å². The van der Waals surface area contributed by atoms with Crippen LogP contribution >= 0.6 is 11.6 Å². The van der Waals surface area contributed by atoms with Gasteiger partial charge < -0.3 is 24.6 Å². The number of nitrogens with one attached hydrogen (secondary N) is 1. The fraction of sp³-hybridized carbons (Fsp3) is 0.346. The van der Waals surface area contributed by atoms with E-state index in [2.05, 4.69) is 15.4 Å². The lowest BCUT2D eigenvalue weighted by Crippen LogP contribution is -2.49. The second-order valence-corrected chi connectivity index (χ2v) is 9.64. The van der Waals surface area contributed by atoms with Crippen molar-refractivity contribution in [2.24, 2.45) is 5.10 Å². The number of fused-ring (bicyclic) bond motifs is 1. The molecule has 0 saturated carbocycles. The summed E-state index contributed by atoms with van der Waals surface area (Å²) in [5.41, 5.74) is 3.15. The zero-order chi connectivity index (χ0) is 26.1. The first kappa shape index (κ1) is 25.2. The molecule has 0 bridgehead atoms. The molecular formula is C26H28ClFN6O3. The van der Waals surface area contributed by atoms with E-state index >= 15 is 0 Å². The normalized spacial score (nSPS) is 17.3. The van der Waals surface area contributed by atoms with Gasteiger partial charge in [-0.1, -0.05) is 17.7 Å². The van der Waals surface area contributed by atoms with E-state index in [1.165, 1.54) is 18.2 Å². The quantitative estimate of drug-likeness (QED) is 0.489. The van der Waals surface area contributed by atoms with Crippen molar-refractivity contribution in [3.05, 3.63) is 70.4 Å². The van der Waals surface area contributed by atoms with Crippen LogP contribution in [0.2, 0.25) is 5.02 Å². The second-order valence-electron chi connectivity index (χ2n) is 9.23. The van der Waals surface area contributed by atoms with E-state index in [0.717, 1.165) is 29.9 Å². The minimum absolute atomic E-state index is 0.154. The molecule has 1 atom stereocenters. The van der Waals surface area contributed by atoms with Crippen molar-refractivity contribution in [3.8, 4) is 11.1 Å². The second kappa shape index (κ2) is 10.5. The van der Waals surface area contributed by atoms with Crippen LogP contribution in [0, 0.1) is 5.82 Å². The lowest BCUT2D eigenvalue weighted by atomic mass is 10.0. The monoisotopic (exact) mass is 526 g/mol. The molecule has 9 nitrogen and oxygen atoms in total. The van der Waals surface area contributed by atoms with Crippen molar-refractivity contribution >= 4 is 29.2 Å². The lowest BCUT2D eigenvalue weighted by Gasteiger charge is -2.36. The number of hydrogen-bond donors (Lipinski definition) is 2. The molecule has 0 saturated heterocycles. The number of carbonyl (C=O) groups is 1. The number of carbonyl (C=O) groups excluding carboxylic acids is 1. The van der Waals surface area contributed by atoms with Crippen molar-refractivity contribution in [1.29, 1.82) is 0 Å². The van der Waals surface area contributed by atoms with Crippen LogP contribution in [0.4, 0.5) is 10.2 Å². The molecule has 0 aliphatic carbocycles. The number of pyridine rings is 1. The SMILES string of the molecule is COC[C@H]1Cn2cc(-c3cc(NC4=NN(C)CC4)ncc3Cl)cc2C(=O)N1Cc1cc(F)ccc1CO. The molecule has 3 aromatic rings. The van der Waals surface area contributed by atoms with Gasteiger partial charge in [-0.2, -0.15) is 5.10 Å². The number of aliphatic hydroxyl groups excluding tert-OH is 1. The molecule has 4 heterocycles. The van der Waals surface area contributed by atoms with Gasteiger partial charge >= 0.3 is 0 Å². The first-order valence-corrected chi connectivity index (χ1v) is 12.3. The number of anilines is 1. The predicted octanol–water partition coefficient (Wildman–Crippen LogP) is 3.57. The summed E-state index contributed by atoms with van der Waals surface area (Å²) in [5, 5.41) is 19.7. The van der Waals surface area contributed by atoms with E-state index < -0.39 is 5.82 Å². The number of halogens is 2. The topological polar surface area (TPSA) is 95.2 Å². The minimum Gasteiger partial charge on any atom is -0.392 e. The van der Waals surface area contributed by atoms with Gasteiger partial charge in [-0.15, -0.1) is 0 Å². The molecule has 2 aromatic heterocycles. The maximum absolute atomic E-state index is 14.0. The molecule has 2 aliphatic rings. The number of methoxy groups -OCH3 is 1. The summed E-state index contributed by atoms with van der Waals surface area (Å²) >= 11 is 6.52. The Labute approximate surface area is 219 Å². The largest absolute Gasteiger partial charge is 0.392 e. The van der Waals surface area contributed by atoms with Crippen molar-refractivity contribution in [2.75, 3.05) is 32.6 Å². The number of amides is 1. The third-order valence-electron chi connectivity index (χ3n) is 6.67. The van der Waals surface area contributed by atoms with Gasteiger partial charge in [0.05, 0.1) is 24.3 Å². The molecule has 0 spiro atoms. The van der Waals surface area contributed by atoms with Crippen LogP contribution in [0.1, 0.15) is 28.0 Å². The summed E-state index contributed by atoms with van der Waals surface area (Å²) in [5.74, 6) is 0.815. The number of hydrazone groups is 1. The van der Waals surface area contributed by atoms with Gasteiger partial charge in [0.2, 0.25) is 0 Å². The Kier molecular flexibility index (Phi) is 7.14. The molecule has 5 rings (SSSR count). The van der Waals surface area contributed by atoms with Crippen molar-refractivity contribution in [2.45, 2.75) is 32.2 Å². The number of amidine groups is 1. The molecule has 37 heavy (non-hydrogen) atoms. The van der Waals surface area contributed by atoms with Crippen LogP contribution in [0.3, 0.4) is 0 Å². The van der Waals surface area contributed by atoms with E-state index in [-0.39, 0.29) is 25.1 Å². The van der Waals surface area contributed by atoms with Gasteiger partial charge in [0.1, 0.15) is 23.2 Å². The average molecular weight is 527 g/mol. The van der Waals surface area contributed by atoms with Crippen LogP contribution in [0.25, 0.3) is 11.1 Å². The zero-order valence-corrected chi connectivity index (χ0v) is 21.4. The van der Waals surface area contributed by atoms with Crippen molar-refractivity contribution in [3.63, 3.8) is 0 Å². The summed E-state index contributed by atoms with van der Waals surface area (Å²) in [6, 6.07) is 7.58. The van der Waals surface area contributed by atoms with E-state index in [4.69, 9.17) is 16.3 Å². The highest BCUT2D eigenvalue weighted by molar-refractivity contribution is 6.33. The molecule has 0 radical (unpaired) electrons. The first-order valence-electron chi connectivity index (χ1n) is 12.0. The predicted molar refractivity (Wildman–Crippen MR) is 139 cm³/mol. The van der Waals surface area contributed by atoms with E-state index in [1.807, 2.05) is 35.0 Å². The van der Waals surface area contributed by atoms with Gasteiger partial charge in [-0.25, -0.2) is 9.37 Å². The Morgan fingerprint density at radius 1 is 1.27 bits per heavy atom. The lowest BCUT2D eigenvalue weighted by molar-refractivity contribution is 0.0386. The Morgan fingerprint density at radius 3 is 2.84 bits per heavy atom. The number of aliphatic hydroxyl groups is 1. The van der Waals surface area contributed by atoms with Crippen LogP contribution in [0.5, 0.6) is 0 Å². The maximum Gasteiger partial charge on any atom is 0.271 e. The summed E-state index contributed by atoms with van der Waals surface area (Å²) in [4.78, 5) is 19.7. The number of benzene rings is 1. The maximum atomic E-state index is 14.0. The number of rotatable bonds is 7. The van der Waals surface area contributed by atoms with Crippen LogP contribution in [-0.4, -0.2) is 69.7 Å².